The van der Waals surface area contributed by atoms with Crippen LogP contribution in [-0.2, 0) is 0 Å². The van der Waals surface area contributed by atoms with Crippen LogP contribution in [0.5, 0.6) is 0 Å². The van der Waals surface area contributed by atoms with Gasteiger partial charge in [0.05, 0.1) is 12.6 Å². The summed E-state index contributed by atoms with van der Waals surface area (Å²) in [4.78, 5) is 6.84. The van der Waals surface area contributed by atoms with Crippen molar-refractivity contribution >= 4 is 17.3 Å². The van der Waals surface area contributed by atoms with Crippen LogP contribution < -0.4 is 11.1 Å². The van der Waals surface area contributed by atoms with E-state index >= 15 is 0 Å². The predicted molar refractivity (Wildman–Crippen MR) is 56.2 cm³/mol. The zero-order valence-electron chi connectivity index (χ0n) is 7.79. The number of rotatable bonds is 1. The number of hydrogen-bond acceptors (Lipinski definition) is 4. The SMILES string of the molecule is Cc1cc(C2CN=C(N)N2)c(C)s1. The summed E-state index contributed by atoms with van der Waals surface area (Å²) in [6, 6.07) is 2.51. The first-order valence-corrected chi connectivity index (χ1v) is 5.12. The van der Waals surface area contributed by atoms with E-state index in [1.807, 2.05) is 11.3 Å². The third kappa shape index (κ3) is 1.54. The van der Waals surface area contributed by atoms with Crippen LogP contribution in [0.1, 0.15) is 21.4 Å². The fourth-order valence-electron chi connectivity index (χ4n) is 1.63. The minimum absolute atomic E-state index is 0.296. The van der Waals surface area contributed by atoms with Gasteiger partial charge in [-0.05, 0) is 25.5 Å². The van der Waals surface area contributed by atoms with Gasteiger partial charge in [-0.15, -0.1) is 11.3 Å². The van der Waals surface area contributed by atoms with Gasteiger partial charge in [-0.3, -0.25) is 4.99 Å². The lowest BCUT2D eigenvalue weighted by Crippen LogP contribution is -2.29. The maximum atomic E-state index is 5.56. The molecule has 0 radical (unpaired) electrons. The van der Waals surface area contributed by atoms with Crippen LogP contribution in [0.4, 0.5) is 0 Å². The van der Waals surface area contributed by atoms with Gasteiger partial charge in [-0.2, -0.15) is 0 Å². The normalized spacial score (nSPS) is 21.4. The Morgan fingerprint density at radius 1 is 1.62 bits per heavy atom. The lowest BCUT2D eigenvalue weighted by molar-refractivity contribution is 0.706. The zero-order valence-corrected chi connectivity index (χ0v) is 8.61. The lowest BCUT2D eigenvalue weighted by atomic mass is 10.1. The lowest BCUT2D eigenvalue weighted by Gasteiger charge is -2.09. The van der Waals surface area contributed by atoms with Crippen molar-refractivity contribution < 1.29 is 0 Å². The monoisotopic (exact) mass is 195 g/mol. The second kappa shape index (κ2) is 3.03. The van der Waals surface area contributed by atoms with Gasteiger partial charge in [0, 0.05) is 9.75 Å². The van der Waals surface area contributed by atoms with Crippen molar-refractivity contribution in [2.24, 2.45) is 10.7 Å². The number of guanidine groups is 1. The topological polar surface area (TPSA) is 50.4 Å². The standard InChI is InChI=1S/C9H13N3S/c1-5-3-7(6(2)13-5)8-4-11-9(10)12-8/h3,8H,4H2,1-2H3,(H3,10,11,12). The highest BCUT2D eigenvalue weighted by Gasteiger charge is 2.20. The first kappa shape index (κ1) is 8.56. The van der Waals surface area contributed by atoms with Crippen molar-refractivity contribution in [3.05, 3.63) is 21.4 Å². The molecule has 0 spiro atoms. The van der Waals surface area contributed by atoms with Crippen molar-refractivity contribution in [2.45, 2.75) is 19.9 Å². The van der Waals surface area contributed by atoms with Crippen molar-refractivity contribution in [3.63, 3.8) is 0 Å². The van der Waals surface area contributed by atoms with Gasteiger partial charge < -0.3 is 11.1 Å². The highest BCUT2D eigenvalue weighted by atomic mass is 32.1. The second-order valence-electron chi connectivity index (χ2n) is 3.29. The number of nitrogens with two attached hydrogens (primary N) is 1. The number of aliphatic imine (C=N–C) groups is 1. The Morgan fingerprint density at radius 2 is 2.38 bits per heavy atom. The Hall–Kier alpha value is -1.03. The fraction of sp³-hybridized carbons (Fsp3) is 0.444. The molecule has 1 atom stereocenters. The van der Waals surface area contributed by atoms with E-state index in [2.05, 4.69) is 30.2 Å². The molecule has 4 heteroatoms. The third-order valence-electron chi connectivity index (χ3n) is 2.22. The molecule has 1 aliphatic rings. The molecule has 1 aliphatic heterocycles. The van der Waals surface area contributed by atoms with Crippen LogP contribution >= 0.6 is 11.3 Å². The molecule has 70 valence electrons. The number of nitrogens with zero attached hydrogens (tertiary/aromatic N) is 1. The number of hydrogen-bond donors (Lipinski definition) is 2. The molecule has 0 amide bonds. The van der Waals surface area contributed by atoms with Gasteiger partial charge in [0.15, 0.2) is 5.96 Å². The summed E-state index contributed by atoms with van der Waals surface area (Å²) in [7, 11) is 0. The average Bonchev–Trinajstić information content (AvgIpc) is 2.58. The van der Waals surface area contributed by atoms with Crippen molar-refractivity contribution in [1.82, 2.24) is 5.32 Å². The first-order valence-electron chi connectivity index (χ1n) is 4.30. The van der Waals surface area contributed by atoms with Crippen LogP contribution in [0.2, 0.25) is 0 Å². The molecule has 13 heavy (non-hydrogen) atoms. The maximum Gasteiger partial charge on any atom is 0.189 e. The molecule has 3 N–H and O–H groups in total. The minimum atomic E-state index is 0.296. The fourth-order valence-corrected chi connectivity index (χ4v) is 2.62. The molecule has 0 aliphatic carbocycles. The number of nitrogens with one attached hydrogen (secondary N) is 1. The van der Waals surface area contributed by atoms with Crippen LogP contribution in [0.15, 0.2) is 11.1 Å². The van der Waals surface area contributed by atoms with E-state index < -0.39 is 0 Å². The number of thiophene rings is 1. The summed E-state index contributed by atoms with van der Waals surface area (Å²) in [6.45, 7) is 5.03. The molecule has 2 heterocycles. The van der Waals surface area contributed by atoms with E-state index in [4.69, 9.17) is 5.73 Å². The summed E-state index contributed by atoms with van der Waals surface area (Å²) < 4.78 is 0. The van der Waals surface area contributed by atoms with E-state index in [1.165, 1.54) is 15.3 Å². The van der Waals surface area contributed by atoms with Gasteiger partial charge in [0.25, 0.3) is 0 Å². The zero-order chi connectivity index (χ0) is 9.42. The Labute approximate surface area is 81.7 Å². The molecule has 1 aromatic heterocycles. The van der Waals surface area contributed by atoms with E-state index in [9.17, 15) is 0 Å². The van der Waals surface area contributed by atoms with E-state index in [-0.39, 0.29) is 0 Å². The van der Waals surface area contributed by atoms with Gasteiger partial charge in [0.2, 0.25) is 0 Å². The van der Waals surface area contributed by atoms with E-state index in [0.717, 1.165) is 6.54 Å². The van der Waals surface area contributed by atoms with Crippen molar-refractivity contribution in [1.29, 1.82) is 0 Å². The molecule has 1 unspecified atom stereocenters. The van der Waals surface area contributed by atoms with E-state index in [1.54, 1.807) is 0 Å². The van der Waals surface area contributed by atoms with Crippen LogP contribution in [0.25, 0.3) is 0 Å². The van der Waals surface area contributed by atoms with Crippen LogP contribution in [0.3, 0.4) is 0 Å². The predicted octanol–water partition coefficient (Wildman–Crippen LogP) is 1.32. The highest BCUT2D eigenvalue weighted by molar-refractivity contribution is 7.12. The Balaban J connectivity index is 2.22. The number of aryl methyl sites for hydroxylation is 2. The van der Waals surface area contributed by atoms with Crippen LogP contribution in [-0.4, -0.2) is 12.5 Å². The largest absolute Gasteiger partial charge is 0.370 e. The molecular weight excluding hydrogens is 182 g/mol. The molecule has 0 bridgehead atoms. The molecule has 3 nitrogen and oxygen atoms in total. The van der Waals surface area contributed by atoms with Crippen molar-refractivity contribution in [2.75, 3.05) is 6.54 Å². The van der Waals surface area contributed by atoms with Gasteiger partial charge in [-0.25, -0.2) is 0 Å². The quantitative estimate of drug-likeness (QED) is 0.710. The molecule has 1 aromatic rings. The molecule has 2 rings (SSSR count). The van der Waals surface area contributed by atoms with Crippen molar-refractivity contribution in [3.8, 4) is 0 Å². The Kier molecular flexibility index (Phi) is 2.00. The Morgan fingerprint density at radius 3 is 2.85 bits per heavy atom. The van der Waals surface area contributed by atoms with E-state index in [0.29, 0.717) is 12.0 Å². The first-order chi connectivity index (χ1) is 6.16. The molecule has 0 fully saturated rings. The molecule has 0 saturated carbocycles. The van der Waals surface area contributed by atoms with Crippen LogP contribution in [0, 0.1) is 13.8 Å². The second-order valence-corrected chi connectivity index (χ2v) is 4.75. The molecule has 0 aromatic carbocycles. The summed E-state index contributed by atoms with van der Waals surface area (Å²) in [6.07, 6.45) is 0. The molecule has 0 saturated heterocycles. The summed E-state index contributed by atoms with van der Waals surface area (Å²) in [5.41, 5.74) is 6.90. The maximum absolute atomic E-state index is 5.56. The van der Waals surface area contributed by atoms with Gasteiger partial charge >= 0.3 is 0 Å². The summed E-state index contributed by atoms with van der Waals surface area (Å²) >= 11 is 1.83. The summed E-state index contributed by atoms with van der Waals surface area (Å²) in [5, 5.41) is 3.16. The third-order valence-corrected chi connectivity index (χ3v) is 3.20. The smallest absolute Gasteiger partial charge is 0.189 e. The minimum Gasteiger partial charge on any atom is -0.370 e. The molecular formula is C9H13N3S. The van der Waals surface area contributed by atoms with Gasteiger partial charge in [0.1, 0.15) is 0 Å². The Bertz CT molecular complexity index is 354. The highest BCUT2D eigenvalue weighted by Crippen LogP contribution is 2.27. The average molecular weight is 195 g/mol. The van der Waals surface area contributed by atoms with Gasteiger partial charge in [-0.1, -0.05) is 0 Å². The summed E-state index contributed by atoms with van der Waals surface area (Å²) in [5.74, 6) is 0.563.